The Labute approximate surface area is 90.2 Å². The van der Waals surface area contributed by atoms with E-state index in [0.717, 1.165) is 17.7 Å². The van der Waals surface area contributed by atoms with E-state index < -0.39 is 0 Å². The standard InChI is InChI=1S/C12H15NO2/c1-14-12-6-4-11(5-7-12)10-15-9-3-2-8-13/h4-7H,2-3,9-10H2,1H3. The molecule has 0 bridgehead atoms. The summed E-state index contributed by atoms with van der Waals surface area (Å²) in [4.78, 5) is 0. The average molecular weight is 205 g/mol. The summed E-state index contributed by atoms with van der Waals surface area (Å²) in [6, 6.07) is 9.86. The predicted molar refractivity (Wildman–Crippen MR) is 57.5 cm³/mol. The van der Waals surface area contributed by atoms with Gasteiger partial charge in [-0.3, -0.25) is 0 Å². The van der Waals surface area contributed by atoms with E-state index >= 15 is 0 Å². The topological polar surface area (TPSA) is 42.2 Å². The lowest BCUT2D eigenvalue weighted by Gasteiger charge is -2.04. The van der Waals surface area contributed by atoms with Crippen molar-refractivity contribution in [3.8, 4) is 11.8 Å². The van der Waals surface area contributed by atoms with Gasteiger partial charge in [0.15, 0.2) is 0 Å². The molecule has 0 fully saturated rings. The number of rotatable bonds is 6. The van der Waals surface area contributed by atoms with Crippen LogP contribution in [-0.2, 0) is 11.3 Å². The first kappa shape index (κ1) is 11.5. The van der Waals surface area contributed by atoms with Gasteiger partial charge in [-0.1, -0.05) is 12.1 Å². The summed E-state index contributed by atoms with van der Waals surface area (Å²) in [5, 5.41) is 8.32. The third-order valence-corrected chi connectivity index (χ3v) is 2.01. The molecule has 1 aromatic carbocycles. The number of hydrogen-bond acceptors (Lipinski definition) is 3. The molecule has 3 nitrogen and oxygen atoms in total. The Balaban J connectivity index is 2.23. The van der Waals surface area contributed by atoms with Gasteiger partial charge in [0.25, 0.3) is 0 Å². The molecule has 0 atom stereocenters. The highest BCUT2D eigenvalue weighted by Crippen LogP contribution is 2.11. The molecule has 0 spiro atoms. The van der Waals surface area contributed by atoms with E-state index in [-0.39, 0.29) is 0 Å². The SMILES string of the molecule is COc1ccc(COCCCC#N)cc1. The lowest BCUT2D eigenvalue weighted by Crippen LogP contribution is -1.95. The van der Waals surface area contributed by atoms with E-state index in [1.54, 1.807) is 7.11 Å². The van der Waals surface area contributed by atoms with Crippen LogP contribution in [0.15, 0.2) is 24.3 Å². The number of methoxy groups -OCH3 is 1. The maximum Gasteiger partial charge on any atom is 0.118 e. The number of unbranched alkanes of at least 4 members (excludes halogenated alkanes) is 1. The van der Waals surface area contributed by atoms with Crippen LogP contribution < -0.4 is 4.74 Å². The summed E-state index contributed by atoms with van der Waals surface area (Å²) in [5.74, 6) is 0.850. The maximum atomic E-state index is 8.32. The molecule has 1 rings (SSSR count). The zero-order chi connectivity index (χ0) is 10.9. The van der Waals surface area contributed by atoms with E-state index in [4.69, 9.17) is 14.7 Å². The van der Waals surface area contributed by atoms with Gasteiger partial charge in [0.2, 0.25) is 0 Å². The largest absolute Gasteiger partial charge is 0.497 e. The molecule has 0 radical (unpaired) electrons. The molecule has 0 aliphatic rings. The molecule has 0 saturated carbocycles. The van der Waals surface area contributed by atoms with Gasteiger partial charge in [-0.15, -0.1) is 0 Å². The van der Waals surface area contributed by atoms with Gasteiger partial charge in [-0.2, -0.15) is 5.26 Å². The molecule has 0 amide bonds. The third-order valence-electron chi connectivity index (χ3n) is 2.01. The van der Waals surface area contributed by atoms with Crippen molar-refractivity contribution in [3.05, 3.63) is 29.8 Å². The highest BCUT2D eigenvalue weighted by atomic mass is 16.5. The predicted octanol–water partition coefficient (Wildman–Crippen LogP) is 2.52. The highest BCUT2D eigenvalue weighted by molar-refractivity contribution is 5.26. The number of nitriles is 1. The Morgan fingerprint density at radius 2 is 2.00 bits per heavy atom. The number of benzene rings is 1. The van der Waals surface area contributed by atoms with Crippen LogP contribution in [0.1, 0.15) is 18.4 Å². The van der Waals surface area contributed by atoms with Crippen LogP contribution in [0.25, 0.3) is 0 Å². The van der Waals surface area contributed by atoms with Crippen LogP contribution >= 0.6 is 0 Å². The minimum Gasteiger partial charge on any atom is -0.497 e. The van der Waals surface area contributed by atoms with Crippen molar-refractivity contribution in [3.63, 3.8) is 0 Å². The number of nitrogens with zero attached hydrogens (tertiary/aromatic N) is 1. The second-order valence-corrected chi connectivity index (χ2v) is 3.16. The van der Waals surface area contributed by atoms with Gasteiger partial charge in [0.1, 0.15) is 5.75 Å². The molecule has 0 heterocycles. The van der Waals surface area contributed by atoms with Crippen molar-refractivity contribution in [2.24, 2.45) is 0 Å². The Hall–Kier alpha value is -1.53. The molecular weight excluding hydrogens is 190 g/mol. The molecule has 0 N–H and O–H groups in total. The van der Waals surface area contributed by atoms with Gasteiger partial charge >= 0.3 is 0 Å². The van der Waals surface area contributed by atoms with Crippen LogP contribution in [-0.4, -0.2) is 13.7 Å². The van der Waals surface area contributed by atoms with E-state index in [9.17, 15) is 0 Å². The minimum atomic E-state index is 0.558. The van der Waals surface area contributed by atoms with Gasteiger partial charge in [0.05, 0.1) is 19.8 Å². The van der Waals surface area contributed by atoms with Crippen molar-refractivity contribution in [2.45, 2.75) is 19.4 Å². The van der Waals surface area contributed by atoms with E-state index in [1.165, 1.54) is 0 Å². The lowest BCUT2D eigenvalue weighted by molar-refractivity contribution is 0.119. The van der Waals surface area contributed by atoms with E-state index in [2.05, 4.69) is 6.07 Å². The summed E-state index contributed by atoms with van der Waals surface area (Å²) in [5.41, 5.74) is 1.12. The van der Waals surface area contributed by atoms with Crippen LogP contribution in [0.4, 0.5) is 0 Å². The van der Waals surface area contributed by atoms with Crippen LogP contribution in [0.3, 0.4) is 0 Å². The Kier molecular flexibility index (Phi) is 5.28. The first-order valence-corrected chi connectivity index (χ1v) is 4.94. The van der Waals surface area contributed by atoms with Crippen molar-refractivity contribution in [1.29, 1.82) is 5.26 Å². The van der Waals surface area contributed by atoms with Crippen molar-refractivity contribution < 1.29 is 9.47 Å². The first-order valence-electron chi connectivity index (χ1n) is 4.94. The fourth-order valence-corrected chi connectivity index (χ4v) is 1.17. The Bertz CT molecular complexity index is 313. The normalized spacial score (nSPS) is 9.60. The molecule has 1 aromatic rings. The van der Waals surface area contributed by atoms with Crippen LogP contribution in [0.2, 0.25) is 0 Å². The van der Waals surface area contributed by atoms with Crippen LogP contribution in [0.5, 0.6) is 5.75 Å². The highest BCUT2D eigenvalue weighted by Gasteiger charge is 1.94. The van der Waals surface area contributed by atoms with Gasteiger partial charge in [0, 0.05) is 13.0 Å². The second-order valence-electron chi connectivity index (χ2n) is 3.16. The zero-order valence-corrected chi connectivity index (χ0v) is 8.90. The monoisotopic (exact) mass is 205 g/mol. The molecule has 0 unspecified atom stereocenters. The molecule has 80 valence electrons. The summed E-state index contributed by atoms with van der Waals surface area (Å²) in [6.07, 6.45) is 1.36. The van der Waals surface area contributed by atoms with Gasteiger partial charge in [-0.05, 0) is 24.1 Å². The fourth-order valence-electron chi connectivity index (χ4n) is 1.17. The zero-order valence-electron chi connectivity index (χ0n) is 8.90. The van der Waals surface area contributed by atoms with Crippen molar-refractivity contribution in [1.82, 2.24) is 0 Å². The Morgan fingerprint density at radius 3 is 2.60 bits per heavy atom. The molecule has 0 aromatic heterocycles. The Morgan fingerprint density at radius 1 is 1.27 bits per heavy atom. The summed E-state index contributed by atoms with van der Waals surface area (Å²) >= 11 is 0. The molecule has 0 aliphatic heterocycles. The number of hydrogen-bond donors (Lipinski definition) is 0. The van der Waals surface area contributed by atoms with Crippen molar-refractivity contribution >= 4 is 0 Å². The van der Waals surface area contributed by atoms with Crippen molar-refractivity contribution in [2.75, 3.05) is 13.7 Å². The van der Waals surface area contributed by atoms with Gasteiger partial charge < -0.3 is 9.47 Å². The number of ether oxygens (including phenoxy) is 2. The fraction of sp³-hybridized carbons (Fsp3) is 0.417. The van der Waals surface area contributed by atoms with Gasteiger partial charge in [-0.25, -0.2) is 0 Å². The average Bonchev–Trinajstić information content (AvgIpc) is 2.30. The third kappa shape index (κ3) is 4.48. The minimum absolute atomic E-state index is 0.558. The van der Waals surface area contributed by atoms with Crippen LogP contribution in [0, 0.1) is 11.3 Å². The maximum absolute atomic E-state index is 8.32. The quantitative estimate of drug-likeness (QED) is 0.670. The van der Waals surface area contributed by atoms with E-state index in [0.29, 0.717) is 19.6 Å². The lowest BCUT2D eigenvalue weighted by atomic mass is 10.2. The molecule has 0 aliphatic carbocycles. The summed E-state index contributed by atoms with van der Waals surface area (Å²) in [6.45, 7) is 1.23. The molecular formula is C12H15NO2. The molecule has 3 heteroatoms. The smallest absolute Gasteiger partial charge is 0.118 e. The van der Waals surface area contributed by atoms with E-state index in [1.807, 2.05) is 24.3 Å². The molecule has 15 heavy (non-hydrogen) atoms. The summed E-state index contributed by atoms with van der Waals surface area (Å²) < 4.78 is 10.5. The summed E-state index contributed by atoms with van der Waals surface area (Å²) in [7, 11) is 1.65. The second kappa shape index (κ2) is 6.86. The molecule has 0 saturated heterocycles. The first-order chi connectivity index (χ1) is 7.36.